The first kappa shape index (κ1) is 27.3. The van der Waals surface area contributed by atoms with Gasteiger partial charge in [0.2, 0.25) is 5.91 Å². The van der Waals surface area contributed by atoms with Gasteiger partial charge < -0.3 is 26.4 Å². The Balaban J connectivity index is 0.000000795. The number of carboxylic acid groups (broad SMARTS) is 1. The first-order valence-corrected chi connectivity index (χ1v) is 13.0. The van der Waals surface area contributed by atoms with Crippen LogP contribution < -0.4 is 21.3 Å². The second-order valence-corrected chi connectivity index (χ2v) is 10.9. The molecule has 0 aliphatic heterocycles. The highest BCUT2D eigenvalue weighted by Crippen LogP contribution is 2.59. The SMILES string of the molecule is CC(=O)NCCNCCNc1ccc(Cl)c(C(=O)NCC23CC4CC(CC(C4)C2)C3)c1.CC(=O)O. The van der Waals surface area contributed by atoms with Crippen molar-refractivity contribution >= 4 is 35.1 Å². The Hall–Kier alpha value is -2.32. The molecule has 4 aliphatic rings. The molecule has 0 heterocycles. The van der Waals surface area contributed by atoms with Crippen molar-refractivity contribution in [1.82, 2.24) is 16.0 Å². The molecule has 5 rings (SSSR count). The van der Waals surface area contributed by atoms with E-state index in [-0.39, 0.29) is 11.8 Å². The number of aliphatic carboxylic acids is 1. The van der Waals surface area contributed by atoms with Gasteiger partial charge in [0.1, 0.15) is 0 Å². The van der Waals surface area contributed by atoms with Crippen LogP contribution in [-0.4, -0.2) is 55.6 Å². The van der Waals surface area contributed by atoms with Gasteiger partial charge in [-0.1, -0.05) is 11.6 Å². The summed E-state index contributed by atoms with van der Waals surface area (Å²) < 4.78 is 0. The molecule has 0 atom stereocenters. The van der Waals surface area contributed by atoms with Gasteiger partial charge in [-0.15, -0.1) is 0 Å². The minimum atomic E-state index is -0.833. The summed E-state index contributed by atoms with van der Waals surface area (Å²) in [6.07, 6.45) is 8.08. The van der Waals surface area contributed by atoms with Crippen LogP contribution in [0.3, 0.4) is 0 Å². The maximum Gasteiger partial charge on any atom is 0.300 e. The van der Waals surface area contributed by atoms with E-state index in [0.717, 1.165) is 56.5 Å². The zero-order valence-electron chi connectivity index (χ0n) is 20.8. The quantitative estimate of drug-likeness (QED) is 0.310. The van der Waals surface area contributed by atoms with Crippen molar-refractivity contribution in [3.63, 3.8) is 0 Å². The Morgan fingerprint density at radius 2 is 1.51 bits per heavy atom. The summed E-state index contributed by atoms with van der Waals surface area (Å²) in [5.41, 5.74) is 1.73. The number of carbonyl (C=O) groups excluding carboxylic acids is 2. The normalized spacial score (nSPS) is 25.9. The van der Waals surface area contributed by atoms with Crippen LogP contribution in [0.5, 0.6) is 0 Å². The third kappa shape index (κ3) is 8.39. The van der Waals surface area contributed by atoms with Crippen LogP contribution >= 0.6 is 11.6 Å². The molecule has 35 heavy (non-hydrogen) atoms. The average Bonchev–Trinajstić information content (AvgIpc) is 2.76. The summed E-state index contributed by atoms with van der Waals surface area (Å²) in [5.74, 6) is 1.72. The Morgan fingerprint density at radius 1 is 0.943 bits per heavy atom. The minimum absolute atomic E-state index is 0.0184. The van der Waals surface area contributed by atoms with Crippen molar-refractivity contribution in [2.75, 3.05) is 38.0 Å². The zero-order valence-corrected chi connectivity index (χ0v) is 21.5. The Kier molecular flexibility index (Phi) is 9.80. The van der Waals surface area contributed by atoms with Crippen molar-refractivity contribution in [1.29, 1.82) is 0 Å². The van der Waals surface area contributed by atoms with Gasteiger partial charge in [0, 0.05) is 52.3 Å². The van der Waals surface area contributed by atoms with Crippen LogP contribution in [0.4, 0.5) is 5.69 Å². The second kappa shape index (κ2) is 12.6. The molecule has 0 radical (unpaired) electrons. The predicted molar refractivity (Wildman–Crippen MR) is 138 cm³/mol. The van der Waals surface area contributed by atoms with E-state index in [2.05, 4.69) is 21.3 Å². The lowest BCUT2D eigenvalue weighted by Crippen LogP contribution is -2.51. The first-order valence-electron chi connectivity index (χ1n) is 12.6. The van der Waals surface area contributed by atoms with E-state index < -0.39 is 5.97 Å². The van der Waals surface area contributed by atoms with Crippen molar-refractivity contribution in [2.45, 2.75) is 52.4 Å². The third-order valence-corrected chi connectivity index (χ3v) is 7.64. The number of carboxylic acids is 1. The Labute approximate surface area is 213 Å². The van der Waals surface area contributed by atoms with E-state index in [0.29, 0.717) is 22.5 Å². The van der Waals surface area contributed by atoms with Gasteiger partial charge in [-0.25, -0.2) is 0 Å². The molecule has 8 nitrogen and oxygen atoms in total. The lowest BCUT2D eigenvalue weighted by Gasteiger charge is -2.56. The number of benzene rings is 1. The molecule has 1 aromatic carbocycles. The van der Waals surface area contributed by atoms with Gasteiger partial charge in [-0.2, -0.15) is 0 Å². The molecule has 4 saturated carbocycles. The molecule has 5 N–H and O–H groups in total. The fourth-order valence-corrected chi connectivity index (χ4v) is 6.63. The Bertz CT molecular complexity index is 868. The highest BCUT2D eigenvalue weighted by atomic mass is 35.5. The van der Waals surface area contributed by atoms with E-state index in [1.54, 1.807) is 6.07 Å². The van der Waals surface area contributed by atoms with Gasteiger partial charge >= 0.3 is 0 Å². The fraction of sp³-hybridized carbons (Fsp3) is 0.654. The van der Waals surface area contributed by atoms with Crippen LogP contribution in [-0.2, 0) is 9.59 Å². The van der Waals surface area contributed by atoms with Crippen molar-refractivity contribution in [3.05, 3.63) is 28.8 Å². The van der Waals surface area contributed by atoms with Crippen molar-refractivity contribution in [3.8, 4) is 0 Å². The molecule has 0 aromatic heterocycles. The molecule has 0 unspecified atom stereocenters. The van der Waals surface area contributed by atoms with E-state index >= 15 is 0 Å². The maximum atomic E-state index is 12.9. The van der Waals surface area contributed by atoms with Crippen LogP contribution in [0.1, 0.15) is 62.7 Å². The summed E-state index contributed by atoms with van der Waals surface area (Å²) in [7, 11) is 0. The summed E-state index contributed by atoms with van der Waals surface area (Å²) in [5, 5.41) is 20.5. The van der Waals surface area contributed by atoms with Gasteiger partial charge in [0.25, 0.3) is 11.9 Å². The average molecular weight is 507 g/mol. The monoisotopic (exact) mass is 506 g/mol. The third-order valence-electron chi connectivity index (χ3n) is 7.31. The highest BCUT2D eigenvalue weighted by Gasteiger charge is 2.50. The molecule has 0 spiro atoms. The van der Waals surface area contributed by atoms with E-state index in [1.807, 2.05) is 12.1 Å². The summed E-state index contributed by atoms with van der Waals surface area (Å²) in [4.78, 5) is 32.8. The number of amides is 2. The van der Waals surface area contributed by atoms with Crippen molar-refractivity contribution < 1.29 is 19.5 Å². The number of rotatable bonds is 10. The molecule has 1 aromatic rings. The van der Waals surface area contributed by atoms with E-state index in [9.17, 15) is 9.59 Å². The molecule has 4 aliphatic carbocycles. The number of hydrogen-bond donors (Lipinski definition) is 5. The number of hydrogen-bond acceptors (Lipinski definition) is 5. The molecule has 4 bridgehead atoms. The highest BCUT2D eigenvalue weighted by molar-refractivity contribution is 6.34. The van der Waals surface area contributed by atoms with Crippen molar-refractivity contribution in [2.24, 2.45) is 23.2 Å². The molecular weight excluding hydrogens is 468 g/mol. The van der Waals surface area contributed by atoms with Gasteiger partial charge in [0.05, 0.1) is 10.6 Å². The summed E-state index contributed by atoms with van der Waals surface area (Å²) in [6.45, 7) is 6.19. The smallest absolute Gasteiger partial charge is 0.300 e. The second-order valence-electron chi connectivity index (χ2n) is 10.5. The van der Waals surface area contributed by atoms with E-state index in [1.165, 1.54) is 45.4 Å². The van der Waals surface area contributed by atoms with Gasteiger partial charge in [0.15, 0.2) is 0 Å². The lowest BCUT2D eigenvalue weighted by atomic mass is 9.49. The largest absolute Gasteiger partial charge is 0.481 e. The summed E-state index contributed by atoms with van der Waals surface area (Å²) >= 11 is 6.35. The molecule has 0 saturated heterocycles. The van der Waals surface area contributed by atoms with Crippen LogP contribution in [0.25, 0.3) is 0 Å². The first-order chi connectivity index (χ1) is 16.7. The number of nitrogens with one attached hydrogen (secondary N) is 4. The van der Waals surface area contributed by atoms with Crippen LogP contribution in [0.15, 0.2) is 18.2 Å². The standard InChI is InChI=1S/C24H35ClN4O2.C2H4O2/c1-16(30)27-6-4-26-5-7-28-20-2-3-22(25)21(11-20)23(31)29-15-24-12-17-8-18(13-24)10-19(9-17)14-24;1-2(3)4/h2-3,11,17-19,26,28H,4-10,12-15H2,1H3,(H,27,30)(H,29,31);1H3,(H,3,4). The molecular formula is C26H39ClN4O4. The van der Waals surface area contributed by atoms with Gasteiger partial charge in [-0.05, 0) is 79.9 Å². The zero-order chi connectivity index (χ0) is 25.4. The maximum absolute atomic E-state index is 12.9. The van der Waals surface area contributed by atoms with Crippen LogP contribution in [0, 0.1) is 23.2 Å². The fourth-order valence-electron chi connectivity index (χ4n) is 6.43. The summed E-state index contributed by atoms with van der Waals surface area (Å²) in [6, 6.07) is 5.53. The molecule has 9 heteroatoms. The lowest BCUT2D eigenvalue weighted by molar-refractivity contribution is -0.134. The van der Waals surface area contributed by atoms with Gasteiger partial charge in [-0.3, -0.25) is 14.4 Å². The molecule has 4 fully saturated rings. The predicted octanol–water partition coefficient (Wildman–Crippen LogP) is 3.51. The molecule has 194 valence electrons. The Morgan fingerprint density at radius 3 is 2.09 bits per heavy atom. The number of carbonyl (C=O) groups is 3. The van der Waals surface area contributed by atoms with Crippen LogP contribution in [0.2, 0.25) is 5.02 Å². The van der Waals surface area contributed by atoms with E-state index in [4.69, 9.17) is 21.5 Å². The minimum Gasteiger partial charge on any atom is -0.481 e. The number of anilines is 1. The topological polar surface area (TPSA) is 120 Å². The molecule has 2 amide bonds. The number of halogens is 1.